The topological polar surface area (TPSA) is 84.2 Å². The highest BCUT2D eigenvalue weighted by molar-refractivity contribution is 5.91. The molecule has 0 radical (unpaired) electrons. The van der Waals surface area contributed by atoms with Gasteiger partial charge < -0.3 is 20.2 Å². The lowest BCUT2D eigenvalue weighted by Gasteiger charge is -2.58. The second-order valence-corrected chi connectivity index (χ2v) is 9.71. The molecule has 1 aliphatic heterocycles. The van der Waals surface area contributed by atoms with Crippen molar-refractivity contribution in [2.24, 2.45) is 0 Å². The second kappa shape index (κ2) is 9.65. The van der Waals surface area contributed by atoms with Crippen molar-refractivity contribution in [3.8, 4) is 11.5 Å². The molecule has 6 heteroatoms. The van der Waals surface area contributed by atoms with E-state index in [4.69, 9.17) is 0 Å². The Labute approximate surface area is 201 Å². The number of hydrogen-bond acceptors (Lipinski definition) is 5. The molecule has 2 aromatic carbocycles. The molecule has 1 amide bonds. The summed E-state index contributed by atoms with van der Waals surface area (Å²) in [7, 11) is 1.81. The van der Waals surface area contributed by atoms with Crippen LogP contribution in [-0.4, -0.2) is 69.4 Å². The number of aliphatic hydroxyl groups is 1. The summed E-state index contributed by atoms with van der Waals surface area (Å²) in [6.07, 6.45) is 7.72. The number of hydrogen-bond donors (Lipinski definition) is 3. The average molecular weight is 463 g/mol. The van der Waals surface area contributed by atoms with Crippen LogP contribution in [0.2, 0.25) is 0 Å². The number of β-amino-alcohol motifs (C(OH)–C–C–N with tert-alkyl or cyclic N) is 1. The number of aromatic hydroxyl groups is 2. The molecule has 1 saturated heterocycles. The summed E-state index contributed by atoms with van der Waals surface area (Å²) in [4.78, 5) is 17.0. The highest BCUT2D eigenvalue weighted by Gasteiger charge is 2.58. The Morgan fingerprint density at radius 3 is 2.62 bits per heavy atom. The van der Waals surface area contributed by atoms with E-state index in [0.717, 1.165) is 30.6 Å². The number of fused-ring (bicyclic) bond motifs is 1. The number of nitrogens with zero attached hydrogens (tertiary/aromatic N) is 2. The summed E-state index contributed by atoms with van der Waals surface area (Å²) in [6, 6.07) is 13.9. The predicted molar refractivity (Wildman–Crippen MR) is 134 cm³/mol. The van der Waals surface area contributed by atoms with Gasteiger partial charge in [-0.05, 0) is 73.7 Å². The van der Waals surface area contributed by atoms with Crippen LogP contribution in [0.25, 0.3) is 6.08 Å². The third-order valence-electron chi connectivity index (χ3n) is 7.68. The van der Waals surface area contributed by atoms with Gasteiger partial charge in [0.15, 0.2) is 0 Å². The maximum atomic E-state index is 13.0. The van der Waals surface area contributed by atoms with Gasteiger partial charge in [0.25, 0.3) is 0 Å². The fourth-order valence-corrected chi connectivity index (χ4v) is 5.80. The Morgan fingerprint density at radius 1 is 1.18 bits per heavy atom. The first kappa shape index (κ1) is 24.0. The second-order valence-electron chi connectivity index (χ2n) is 9.71. The van der Waals surface area contributed by atoms with Gasteiger partial charge in [-0.1, -0.05) is 30.3 Å². The number of rotatable bonds is 6. The highest BCUT2D eigenvalue weighted by atomic mass is 16.3. The summed E-state index contributed by atoms with van der Waals surface area (Å²) >= 11 is 0. The van der Waals surface area contributed by atoms with Crippen molar-refractivity contribution in [1.82, 2.24) is 9.80 Å². The van der Waals surface area contributed by atoms with E-state index in [1.165, 1.54) is 6.08 Å². The zero-order valence-corrected chi connectivity index (χ0v) is 19.7. The van der Waals surface area contributed by atoms with Crippen LogP contribution >= 0.6 is 0 Å². The zero-order valence-electron chi connectivity index (χ0n) is 19.7. The molecule has 180 valence electrons. The number of phenols is 2. The minimum absolute atomic E-state index is 0.0464. The van der Waals surface area contributed by atoms with E-state index in [9.17, 15) is 20.1 Å². The fourth-order valence-electron chi connectivity index (χ4n) is 5.80. The first-order chi connectivity index (χ1) is 16.3. The third kappa shape index (κ3) is 4.61. The molecule has 3 unspecified atom stereocenters. The highest BCUT2D eigenvalue weighted by Crippen LogP contribution is 2.52. The van der Waals surface area contributed by atoms with Crippen molar-refractivity contribution in [3.05, 3.63) is 78.4 Å². The van der Waals surface area contributed by atoms with Gasteiger partial charge in [-0.25, -0.2) is 0 Å². The minimum Gasteiger partial charge on any atom is -0.508 e. The van der Waals surface area contributed by atoms with E-state index < -0.39 is 11.0 Å². The molecule has 2 aromatic rings. The minimum atomic E-state index is -0.958. The van der Waals surface area contributed by atoms with E-state index in [1.807, 2.05) is 31.3 Å². The molecule has 1 aliphatic carbocycles. The number of piperidine rings is 1. The Morgan fingerprint density at radius 2 is 1.91 bits per heavy atom. The van der Waals surface area contributed by atoms with Crippen molar-refractivity contribution in [2.75, 3.05) is 26.7 Å². The van der Waals surface area contributed by atoms with E-state index >= 15 is 0 Å². The molecule has 4 rings (SSSR count). The number of phenolic OH excluding ortho intramolecular Hbond substituents is 2. The maximum Gasteiger partial charge on any atom is 0.246 e. The molecule has 3 atom stereocenters. The van der Waals surface area contributed by atoms with Gasteiger partial charge in [0.1, 0.15) is 11.5 Å². The molecule has 0 aromatic heterocycles. The third-order valence-corrected chi connectivity index (χ3v) is 7.68. The molecule has 2 aliphatic rings. The maximum absolute atomic E-state index is 13.0. The van der Waals surface area contributed by atoms with Crippen molar-refractivity contribution in [3.63, 3.8) is 0 Å². The Balaban J connectivity index is 1.60. The normalized spacial score (nSPS) is 27.3. The predicted octanol–water partition coefficient (Wildman–Crippen LogP) is 3.68. The molecule has 6 nitrogen and oxygen atoms in total. The van der Waals surface area contributed by atoms with Crippen molar-refractivity contribution >= 4 is 12.0 Å². The number of amides is 1. The summed E-state index contributed by atoms with van der Waals surface area (Å²) < 4.78 is 0. The average Bonchev–Trinajstić information content (AvgIpc) is 2.82. The van der Waals surface area contributed by atoms with Gasteiger partial charge in [0, 0.05) is 37.7 Å². The zero-order chi connectivity index (χ0) is 24.3. The van der Waals surface area contributed by atoms with Crippen molar-refractivity contribution in [2.45, 2.75) is 42.7 Å². The molecule has 3 N–H and O–H groups in total. The van der Waals surface area contributed by atoms with E-state index in [2.05, 4.69) is 11.5 Å². The largest absolute Gasteiger partial charge is 0.508 e. The monoisotopic (exact) mass is 462 g/mol. The van der Waals surface area contributed by atoms with Gasteiger partial charge in [-0.3, -0.25) is 9.69 Å². The SMILES string of the molecule is C=CCN1CCC2(c3cccc(O)c3)CC(N(C)C(=O)/C=C/c3cccc(O)c3)CCC2(O)C1. The number of likely N-dealkylation sites (tertiary alicyclic amines) is 1. The van der Waals surface area contributed by atoms with Crippen LogP contribution in [0.5, 0.6) is 11.5 Å². The Kier molecular flexibility index (Phi) is 6.82. The lowest BCUT2D eigenvalue weighted by Crippen LogP contribution is -2.67. The molecule has 1 saturated carbocycles. The molecule has 1 heterocycles. The molecule has 2 fully saturated rings. The van der Waals surface area contributed by atoms with Crippen LogP contribution in [0.3, 0.4) is 0 Å². The van der Waals surface area contributed by atoms with Crippen LogP contribution in [0.4, 0.5) is 0 Å². The Hall–Kier alpha value is -3.09. The quantitative estimate of drug-likeness (QED) is 0.451. The fraction of sp³-hybridized carbons (Fsp3) is 0.393. The van der Waals surface area contributed by atoms with Gasteiger partial charge in [0.05, 0.1) is 5.60 Å². The lowest BCUT2D eigenvalue weighted by atomic mass is 9.55. The molecule has 0 spiro atoms. The number of carbonyl (C=O) groups is 1. The van der Waals surface area contributed by atoms with Gasteiger partial charge >= 0.3 is 0 Å². The first-order valence-electron chi connectivity index (χ1n) is 11.9. The molecule has 0 bridgehead atoms. The van der Waals surface area contributed by atoms with Crippen LogP contribution in [-0.2, 0) is 10.2 Å². The van der Waals surface area contributed by atoms with E-state index in [1.54, 1.807) is 41.3 Å². The summed E-state index contributed by atoms with van der Waals surface area (Å²) in [5.74, 6) is 0.225. The standard InChI is InChI=1S/C28H34N2O4/c1-3-15-30-16-14-27(22-7-5-9-25(32)18-22)19-23(12-13-28(27,34)20-30)29(2)26(33)11-10-21-6-4-8-24(31)17-21/h3-11,17-18,23,31-32,34H,1,12-16,19-20H2,2H3/b11-10+. The van der Waals surface area contributed by atoms with Gasteiger partial charge in [0.2, 0.25) is 5.91 Å². The summed E-state index contributed by atoms with van der Waals surface area (Å²) in [6.45, 7) is 5.92. The summed E-state index contributed by atoms with van der Waals surface area (Å²) in [5, 5.41) is 31.9. The Bertz CT molecular complexity index is 1080. The lowest BCUT2D eigenvalue weighted by molar-refractivity contribution is -0.143. The van der Waals surface area contributed by atoms with Crippen molar-refractivity contribution in [1.29, 1.82) is 0 Å². The van der Waals surface area contributed by atoms with Crippen LogP contribution in [0, 0.1) is 0 Å². The summed E-state index contributed by atoms with van der Waals surface area (Å²) in [5.41, 5.74) is 0.162. The van der Waals surface area contributed by atoms with Crippen LogP contribution in [0.15, 0.2) is 67.3 Å². The van der Waals surface area contributed by atoms with Crippen LogP contribution < -0.4 is 0 Å². The van der Waals surface area contributed by atoms with Crippen molar-refractivity contribution < 1.29 is 20.1 Å². The molecule has 34 heavy (non-hydrogen) atoms. The van der Waals surface area contributed by atoms with Gasteiger partial charge in [-0.15, -0.1) is 6.58 Å². The van der Waals surface area contributed by atoms with E-state index in [-0.39, 0.29) is 23.4 Å². The molecular weight excluding hydrogens is 428 g/mol. The number of likely N-dealkylation sites (N-methyl/N-ethyl adjacent to an activating group) is 1. The molecular formula is C28H34N2O4. The number of benzene rings is 2. The van der Waals surface area contributed by atoms with Crippen LogP contribution in [0.1, 0.15) is 36.8 Å². The van der Waals surface area contributed by atoms with Gasteiger partial charge in [-0.2, -0.15) is 0 Å². The van der Waals surface area contributed by atoms with E-state index in [0.29, 0.717) is 25.8 Å². The smallest absolute Gasteiger partial charge is 0.246 e. The first-order valence-corrected chi connectivity index (χ1v) is 11.9. The number of carbonyl (C=O) groups excluding carboxylic acids is 1.